The average Bonchev–Trinajstić information content (AvgIpc) is 2.57. The number of hydrogen-bond acceptors (Lipinski definition) is 3. The first-order valence-corrected chi connectivity index (χ1v) is 8.16. The Hall–Kier alpha value is -2.56. The van der Waals surface area contributed by atoms with Gasteiger partial charge in [-0.05, 0) is 25.3 Å². The van der Waals surface area contributed by atoms with Crippen LogP contribution in [0.3, 0.4) is 0 Å². The van der Waals surface area contributed by atoms with Crippen LogP contribution in [0.15, 0.2) is 47.4 Å². The third-order valence-electron chi connectivity index (χ3n) is 3.90. The Morgan fingerprint density at radius 3 is 2.58 bits per heavy atom. The topological polar surface area (TPSA) is 68.5 Å². The standard InChI is InChI=1S/C19H23NO4/c1-15-19(24-14-16-8-4-2-5-9-16)17(21)11-13-20(15)12-7-3-6-10-18(22)23/h2,4-5,8-9,11,13H,3,6-7,10,12,14H2,1H3,(H,22,23). The minimum Gasteiger partial charge on any atom is -0.483 e. The highest BCUT2D eigenvalue weighted by Crippen LogP contribution is 2.15. The smallest absolute Gasteiger partial charge is 0.303 e. The number of aromatic nitrogens is 1. The molecule has 5 nitrogen and oxygen atoms in total. The molecule has 0 atom stereocenters. The summed E-state index contributed by atoms with van der Waals surface area (Å²) in [6.07, 6.45) is 4.36. The second-order valence-electron chi connectivity index (χ2n) is 5.77. The first-order chi connectivity index (χ1) is 11.6. The summed E-state index contributed by atoms with van der Waals surface area (Å²) in [7, 11) is 0. The van der Waals surface area contributed by atoms with Crippen LogP contribution in [0.5, 0.6) is 5.75 Å². The zero-order valence-corrected chi connectivity index (χ0v) is 13.9. The largest absolute Gasteiger partial charge is 0.483 e. The Bertz CT molecular complexity index is 722. The van der Waals surface area contributed by atoms with E-state index in [4.69, 9.17) is 9.84 Å². The molecule has 128 valence electrons. The number of nitrogens with zero attached hydrogens (tertiary/aromatic N) is 1. The number of benzene rings is 1. The van der Waals surface area contributed by atoms with E-state index in [2.05, 4.69) is 0 Å². The molecule has 5 heteroatoms. The van der Waals surface area contributed by atoms with Gasteiger partial charge in [-0.15, -0.1) is 0 Å². The average molecular weight is 329 g/mol. The van der Waals surface area contributed by atoms with Gasteiger partial charge in [0.1, 0.15) is 6.61 Å². The number of unbranched alkanes of at least 4 members (excludes halogenated alkanes) is 2. The van der Waals surface area contributed by atoms with Gasteiger partial charge >= 0.3 is 5.97 Å². The second-order valence-corrected chi connectivity index (χ2v) is 5.77. The second kappa shape index (κ2) is 8.91. The molecule has 0 bridgehead atoms. The van der Waals surface area contributed by atoms with E-state index in [1.807, 2.05) is 41.8 Å². The van der Waals surface area contributed by atoms with E-state index in [1.54, 1.807) is 6.20 Å². The van der Waals surface area contributed by atoms with E-state index < -0.39 is 5.97 Å². The summed E-state index contributed by atoms with van der Waals surface area (Å²) >= 11 is 0. The van der Waals surface area contributed by atoms with Gasteiger partial charge in [-0.25, -0.2) is 0 Å². The zero-order valence-electron chi connectivity index (χ0n) is 13.9. The predicted octanol–water partition coefficient (Wildman–Crippen LogP) is 3.38. The third-order valence-corrected chi connectivity index (χ3v) is 3.90. The minimum atomic E-state index is -0.758. The van der Waals surface area contributed by atoms with E-state index in [0.29, 0.717) is 18.8 Å². The number of aliphatic carboxylic acids is 1. The number of ether oxygens (including phenoxy) is 1. The highest BCUT2D eigenvalue weighted by atomic mass is 16.5. The van der Waals surface area contributed by atoms with Crippen molar-refractivity contribution in [3.63, 3.8) is 0 Å². The Morgan fingerprint density at radius 2 is 1.88 bits per heavy atom. The van der Waals surface area contributed by atoms with Gasteiger partial charge < -0.3 is 14.4 Å². The lowest BCUT2D eigenvalue weighted by Crippen LogP contribution is -2.15. The van der Waals surface area contributed by atoms with Gasteiger partial charge in [0, 0.05) is 25.2 Å². The van der Waals surface area contributed by atoms with Gasteiger partial charge in [-0.3, -0.25) is 9.59 Å². The van der Waals surface area contributed by atoms with Crippen molar-refractivity contribution in [1.29, 1.82) is 0 Å². The summed E-state index contributed by atoms with van der Waals surface area (Å²) in [5, 5.41) is 8.64. The molecule has 1 heterocycles. The van der Waals surface area contributed by atoms with Crippen LogP contribution in [0, 0.1) is 6.92 Å². The van der Waals surface area contributed by atoms with Crippen molar-refractivity contribution in [3.8, 4) is 5.75 Å². The highest BCUT2D eigenvalue weighted by molar-refractivity contribution is 5.66. The monoisotopic (exact) mass is 329 g/mol. The molecule has 1 aromatic carbocycles. The summed E-state index contributed by atoms with van der Waals surface area (Å²) in [5.74, 6) is -0.377. The van der Waals surface area contributed by atoms with Gasteiger partial charge in [0.25, 0.3) is 0 Å². The summed E-state index contributed by atoms with van der Waals surface area (Å²) in [6.45, 7) is 2.98. The maximum Gasteiger partial charge on any atom is 0.303 e. The molecule has 0 fully saturated rings. The van der Waals surface area contributed by atoms with Crippen molar-refractivity contribution in [3.05, 3.63) is 64.1 Å². The molecule has 1 N–H and O–H groups in total. The zero-order chi connectivity index (χ0) is 17.4. The van der Waals surface area contributed by atoms with Crippen molar-refractivity contribution in [1.82, 2.24) is 4.57 Å². The number of carbonyl (C=O) groups is 1. The van der Waals surface area contributed by atoms with Gasteiger partial charge in [0.2, 0.25) is 5.43 Å². The number of hydrogen-bond donors (Lipinski definition) is 1. The quantitative estimate of drug-likeness (QED) is 0.716. The van der Waals surface area contributed by atoms with Crippen LogP contribution < -0.4 is 10.2 Å². The summed E-state index contributed by atoms with van der Waals surface area (Å²) in [4.78, 5) is 22.6. The first-order valence-electron chi connectivity index (χ1n) is 8.16. The van der Waals surface area contributed by atoms with Crippen LogP contribution in [0.1, 0.15) is 36.9 Å². The van der Waals surface area contributed by atoms with E-state index in [9.17, 15) is 9.59 Å². The number of aryl methyl sites for hydroxylation is 1. The van der Waals surface area contributed by atoms with Gasteiger partial charge in [-0.2, -0.15) is 0 Å². The maximum atomic E-state index is 12.1. The molecule has 1 aromatic heterocycles. The van der Waals surface area contributed by atoms with Gasteiger partial charge in [0.05, 0.1) is 5.69 Å². The van der Waals surface area contributed by atoms with Crippen molar-refractivity contribution in [2.75, 3.05) is 0 Å². The lowest BCUT2D eigenvalue weighted by Gasteiger charge is -2.15. The molecule has 24 heavy (non-hydrogen) atoms. The van der Waals surface area contributed by atoms with E-state index in [0.717, 1.165) is 30.6 Å². The third kappa shape index (κ3) is 5.26. The molecule has 2 aromatic rings. The Kier molecular flexibility index (Phi) is 6.61. The normalized spacial score (nSPS) is 10.5. The van der Waals surface area contributed by atoms with Crippen molar-refractivity contribution in [2.24, 2.45) is 0 Å². The summed E-state index contributed by atoms with van der Waals surface area (Å²) in [6, 6.07) is 11.2. The number of carboxylic acid groups (broad SMARTS) is 1. The molecule has 2 rings (SSSR count). The number of rotatable bonds is 9. The molecule has 0 aliphatic heterocycles. The SMILES string of the molecule is Cc1c(OCc2ccccc2)c(=O)ccn1CCCCCC(=O)O. The summed E-state index contributed by atoms with van der Waals surface area (Å²) < 4.78 is 7.73. The fourth-order valence-electron chi connectivity index (χ4n) is 2.54. The molecule has 0 aliphatic rings. The number of carboxylic acids is 1. The molecule has 0 saturated carbocycles. The maximum absolute atomic E-state index is 12.1. The van der Waals surface area contributed by atoms with Crippen LogP contribution in [-0.2, 0) is 17.9 Å². The Morgan fingerprint density at radius 1 is 1.12 bits per heavy atom. The van der Waals surface area contributed by atoms with Crippen LogP contribution in [-0.4, -0.2) is 15.6 Å². The van der Waals surface area contributed by atoms with E-state index in [-0.39, 0.29) is 11.8 Å². The molecular weight excluding hydrogens is 306 g/mol. The van der Waals surface area contributed by atoms with Gasteiger partial charge in [-0.1, -0.05) is 36.8 Å². The Labute approximate surface area is 141 Å². The van der Waals surface area contributed by atoms with Crippen LogP contribution in [0.4, 0.5) is 0 Å². The lowest BCUT2D eigenvalue weighted by atomic mass is 10.2. The molecule has 0 amide bonds. The molecule has 0 aliphatic carbocycles. The molecular formula is C19H23NO4. The fourth-order valence-corrected chi connectivity index (χ4v) is 2.54. The summed E-state index contributed by atoms with van der Waals surface area (Å²) in [5.41, 5.74) is 1.70. The van der Waals surface area contributed by atoms with Gasteiger partial charge in [0.15, 0.2) is 5.75 Å². The van der Waals surface area contributed by atoms with E-state index in [1.165, 1.54) is 6.07 Å². The molecule has 0 saturated heterocycles. The predicted molar refractivity (Wildman–Crippen MR) is 92.3 cm³/mol. The first kappa shape index (κ1) is 17.8. The van der Waals surface area contributed by atoms with E-state index >= 15 is 0 Å². The van der Waals surface area contributed by atoms with Crippen molar-refractivity contribution < 1.29 is 14.6 Å². The van der Waals surface area contributed by atoms with Crippen molar-refractivity contribution in [2.45, 2.75) is 45.8 Å². The van der Waals surface area contributed by atoms with Crippen LogP contribution >= 0.6 is 0 Å². The molecule has 0 spiro atoms. The fraction of sp³-hybridized carbons (Fsp3) is 0.368. The molecule has 0 unspecified atom stereocenters. The van der Waals surface area contributed by atoms with Crippen LogP contribution in [0.2, 0.25) is 0 Å². The minimum absolute atomic E-state index is 0.120. The molecule has 0 radical (unpaired) electrons. The number of pyridine rings is 1. The van der Waals surface area contributed by atoms with Crippen LogP contribution in [0.25, 0.3) is 0 Å². The lowest BCUT2D eigenvalue weighted by molar-refractivity contribution is -0.137. The Balaban J connectivity index is 1.96. The highest BCUT2D eigenvalue weighted by Gasteiger charge is 2.09. The van der Waals surface area contributed by atoms with Crippen molar-refractivity contribution >= 4 is 5.97 Å².